The summed E-state index contributed by atoms with van der Waals surface area (Å²) in [6.45, 7) is 9.39. The maximum absolute atomic E-state index is 12.7. The van der Waals surface area contributed by atoms with E-state index in [-0.39, 0.29) is 11.8 Å². The van der Waals surface area contributed by atoms with Gasteiger partial charge in [-0.05, 0) is 37.3 Å². The molecule has 7 heteroatoms. The van der Waals surface area contributed by atoms with Crippen LogP contribution in [0.5, 0.6) is 0 Å². The van der Waals surface area contributed by atoms with Gasteiger partial charge in [0.2, 0.25) is 11.8 Å². The van der Waals surface area contributed by atoms with Crippen molar-refractivity contribution in [2.45, 2.75) is 84.8 Å². The van der Waals surface area contributed by atoms with Crippen LogP contribution in [0.25, 0.3) is 10.4 Å². The Hall–Kier alpha value is -2.25. The third kappa shape index (κ3) is 7.14. The molecule has 0 spiro atoms. The van der Waals surface area contributed by atoms with Gasteiger partial charge in [-0.15, -0.1) is 11.3 Å². The quantitative estimate of drug-likeness (QED) is 0.602. The highest BCUT2D eigenvalue weighted by atomic mass is 32.1. The minimum atomic E-state index is -0.508. The van der Waals surface area contributed by atoms with Crippen LogP contribution < -0.4 is 11.1 Å². The van der Waals surface area contributed by atoms with E-state index < -0.39 is 12.1 Å². The molecule has 3 N–H and O–H groups in total. The van der Waals surface area contributed by atoms with E-state index in [4.69, 9.17) is 5.73 Å². The highest BCUT2D eigenvalue weighted by Crippen LogP contribution is 2.27. The van der Waals surface area contributed by atoms with Gasteiger partial charge in [-0.25, -0.2) is 4.98 Å². The number of hydrogen-bond donors (Lipinski definition) is 2. The summed E-state index contributed by atoms with van der Waals surface area (Å²) in [5, 5.41) is 2.99. The number of amides is 2. The summed E-state index contributed by atoms with van der Waals surface area (Å²) in [7, 11) is 0. The third-order valence-corrected chi connectivity index (χ3v) is 6.43. The van der Waals surface area contributed by atoms with E-state index in [1.807, 2.05) is 24.6 Å². The molecule has 32 heavy (non-hydrogen) atoms. The number of aryl methyl sites for hydroxylation is 1. The summed E-state index contributed by atoms with van der Waals surface area (Å²) < 4.78 is 0. The number of aromatic nitrogens is 1. The number of hydrogen-bond acceptors (Lipinski definition) is 5. The first-order chi connectivity index (χ1) is 15.4. The number of unbranched alkanes of at least 4 members (excludes halogenated alkanes) is 1. The lowest BCUT2D eigenvalue weighted by molar-refractivity contribution is -0.139. The second kappa shape index (κ2) is 13.3. The number of rotatable bonds is 8. The monoisotopic (exact) mass is 458 g/mol. The van der Waals surface area contributed by atoms with Gasteiger partial charge in [0.25, 0.3) is 0 Å². The molecule has 2 heterocycles. The maximum atomic E-state index is 12.7. The van der Waals surface area contributed by atoms with Gasteiger partial charge in [0.1, 0.15) is 6.04 Å². The first-order valence-electron chi connectivity index (χ1n) is 11.8. The molecule has 0 radical (unpaired) electrons. The lowest BCUT2D eigenvalue weighted by Crippen LogP contribution is -2.51. The Morgan fingerprint density at radius 2 is 1.94 bits per heavy atom. The average molecular weight is 459 g/mol. The number of carbonyl (C=O) groups is 2. The molecule has 1 aromatic carbocycles. The van der Waals surface area contributed by atoms with E-state index in [1.54, 1.807) is 16.2 Å². The predicted octanol–water partition coefficient (Wildman–Crippen LogP) is 4.66. The molecule has 2 unspecified atom stereocenters. The highest BCUT2D eigenvalue weighted by molar-refractivity contribution is 7.13. The zero-order valence-electron chi connectivity index (χ0n) is 19.9. The number of carbonyl (C=O) groups excluding carboxylic acids is 2. The molecule has 1 fully saturated rings. The normalized spacial score (nSPS) is 16.3. The summed E-state index contributed by atoms with van der Waals surface area (Å²) in [5.74, 6) is -0.193. The molecule has 2 atom stereocenters. The number of benzene rings is 1. The van der Waals surface area contributed by atoms with Gasteiger partial charge < -0.3 is 16.0 Å². The maximum Gasteiger partial charge on any atom is 0.243 e. The molecule has 6 nitrogen and oxygen atoms in total. The molecule has 176 valence electrons. The lowest BCUT2D eigenvalue weighted by atomic mass is 10.1. The van der Waals surface area contributed by atoms with Crippen LogP contribution in [-0.4, -0.2) is 40.3 Å². The van der Waals surface area contributed by atoms with Crippen molar-refractivity contribution in [2.75, 3.05) is 6.54 Å². The van der Waals surface area contributed by atoms with Crippen LogP contribution in [0.2, 0.25) is 0 Å². The van der Waals surface area contributed by atoms with E-state index >= 15 is 0 Å². The largest absolute Gasteiger partial charge is 0.350 e. The summed E-state index contributed by atoms with van der Waals surface area (Å²) in [6, 6.07) is 7.24. The SMILES string of the molecule is CCC.CCCCC(N)C(=O)N1CCCC1C(=O)NCc1ccc(-c2scnc2C)cc1. The van der Waals surface area contributed by atoms with Crippen molar-refractivity contribution in [3.63, 3.8) is 0 Å². The highest BCUT2D eigenvalue weighted by Gasteiger charge is 2.35. The minimum absolute atomic E-state index is 0.0964. The van der Waals surface area contributed by atoms with Gasteiger partial charge in [-0.2, -0.15) is 0 Å². The van der Waals surface area contributed by atoms with Crippen LogP contribution in [0.3, 0.4) is 0 Å². The Balaban J connectivity index is 0.00000114. The Morgan fingerprint density at radius 3 is 2.53 bits per heavy atom. The first kappa shape index (κ1) is 26.0. The van der Waals surface area contributed by atoms with Gasteiger partial charge in [-0.3, -0.25) is 9.59 Å². The van der Waals surface area contributed by atoms with Crippen molar-refractivity contribution in [3.8, 4) is 10.4 Å². The second-order valence-electron chi connectivity index (χ2n) is 8.33. The van der Waals surface area contributed by atoms with Crippen LogP contribution in [0, 0.1) is 6.92 Å². The Labute approximate surface area is 196 Å². The van der Waals surface area contributed by atoms with Gasteiger partial charge in [0, 0.05) is 13.1 Å². The number of thiazole rings is 1. The number of nitrogens with one attached hydrogen (secondary N) is 1. The Morgan fingerprint density at radius 1 is 1.25 bits per heavy atom. The summed E-state index contributed by atoms with van der Waals surface area (Å²) in [6.07, 6.45) is 5.39. The molecule has 3 rings (SSSR count). The van der Waals surface area contributed by atoms with Crippen molar-refractivity contribution in [2.24, 2.45) is 5.73 Å². The smallest absolute Gasteiger partial charge is 0.243 e. The molecule has 1 aliphatic heterocycles. The summed E-state index contributed by atoms with van der Waals surface area (Å²) in [5.41, 5.74) is 11.1. The zero-order valence-corrected chi connectivity index (χ0v) is 20.7. The molecule has 0 bridgehead atoms. The molecular weight excluding hydrogens is 420 g/mol. The van der Waals surface area contributed by atoms with Crippen LogP contribution >= 0.6 is 11.3 Å². The number of likely N-dealkylation sites (tertiary alicyclic amines) is 1. The topological polar surface area (TPSA) is 88.3 Å². The van der Waals surface area contributed by atoms with E-state index in [9.17, 15) is 9.59 Å². The van der Waals surface area contributed by atoms with Crippen molar-refractivity contribution in [1.82, 2.24) is 15.2 Å². The lowest BCUT2D eigenvalue weighted by Gasteiger charge is -2.26. The standard InChI is InChI=1S/C22H30N4O2S.C3H8/c1-3-4-6-18(23)22(28)26-12-5-7-19(26)21(27)24-13-16-8-10-17(11-9-16)20-15(2)25-14-29-20;1-3-2/h8-11,14,18-19H,3-7,12-13,23H2,1-2H3,(H,24,27);3H2,1-2H3. The molecule has 1 saturated heterocycles. The Bertz CT molecular complexity index is 850. The molecule has 2 amide bonds. The molecule has 0 saturated carbocycles. The van der Waals surface area contributed by atoms with Crippen molar-refractivity contribution in [1.29, 1.82) is 0 Å². The van der Waals surface area contributed by atoms with E-state index in [2.05, 4.69) is 43.2 Å². The number of nitrogens with zero attached hydrogens (tertiary/aromatic N) is 2. The fourth-order valence-corrected chi connectivity index (χ4v) is 4.54. The zero-order chi connectivity index (χ0) is 23.5. The van der Waals surface area contributed by atoms with Crippen molar-refractivity contribution < 1.29 is 9.59 Å². The van der Waals surface area contributed by atoms with Gasteiger partial charge in [-0.1, -0.05) is 64.3 Å². The molecule has 0 aliphatic carbocycles. The van der Waals surface area contributed by atoms with Crippen molar-refractivity contribution in [3.05, 3.63) is 41.0 Å². The first-order valence-corrected chi connectivity index (χ1v) is 12.6. The fraction of sp³-hybridized carbons (Fsp3) is 0.560. The van der Waals surface area contributed by atoms with Crippen LogP contribution in [0.4, 0.5) is 0 Å². The van der Waals surface area contributed by atoms with Crippen LogP contribution in [-0.2, 0) is 16.1 Å². The summed E-state index contributed by atoms with van der Waals surface area (Å²) in [4.78, 5) is 32.5. The van der Waals surface area contributed by atoms with Crippen molar-refractivity contribution >= 4 is 23.2 Å². The van der Waals surface area contributed by atoms with Gasteiger partial charge in [0.05, 0.1) is 22.1 Å². The van der Waals surface area contributed by atoms with E-state index in [0.717, 1.165) is 36.1 Å². The average Bonchev–Trinajstić information content (AvgIpc) is 3.45. The second-order valence-corrected chi connectivity index (χ2v) is 9.18. The molecule has 1 aromatic heterocycles. The summed E-state index contributed by atoms with van der Waals surface area (Å²) >= 11 is 1.62. The molecular formula is C25H38N4O2S. The van der Waals surface area contributed by atoms with Gasteiger partial charge >= 0.3 is 0 Å². The van der Waals surface area contributed by atoms with E-state index in [1.165, 1.54) is 11.3 Å². The van der Waals surface area contributed by atoms with Crippen LogP contribution in [0.1, 0.15) is 70.6 Å². The van der Waals surface area contributed by atoms with Gasteiger partial charge in [0.15, 0.2) is 0 Å². The Kier molecular flexibility index (Phi) is 10.8. The number of nitrogens with two attached hydrogens (primary N) is 1. The van der Waals surface area contributed by atoms with E-state index in [0.29, 0.717) is 25.9 Å². The van der Waals surface area contributed by atoms with Crippen LogP contribution in [0.15, 0.2) is 29.8 Å². The third-order valence-electron chi connectivity index (χ3n) is 5.45. The fourth-order valence-electron chi connectivity index (χ4n) is 3.72. The molecule has 1 aliphatic rings. The minimum Gasteiger partial charge on any atom is -0.350 e. The predicted molar refractivity (Wildman–Crippen MR) is 132 cm³/mol. The molecule has 2 aromatic rings.